The molecule has 0 bridgehead atoms. The molecule has 0 radical (unpaired) electrons. The highest BCUT2D eigenvalue weighted by atomic mass is 35.5. The number of anilines is 2. The SMILES string of the molecule is O=C(Nc1ncc(Cc2ccccc2Cl)s1)C1(c2ccc(N3CCOCC3)cc2)CC1. The smallest absolute Gasteiger partial charge is 0.236 e. The van der Waals surface area contributed by atoms with Gasteiger partial charge in [-0.05, 0) is 42.2 Å². The van der Waals surface area contributed by atoms with Gasteiger partial charge in [0.05, 0.1) is 18.6 Å². The van der Waals surface area contributed by atoms with Crippen LogP contribution in [0.1, 0.15) is 28.8 Å². The number of rotatable bonds is 6. The van der Waals surface area contributed by atoms with Gasteiger partial charge in [0.1, 0.15) is 0 Å². The van der Waals surface area contributed by atoms with E-state index < -0.39 is 5.41 Å². The molecule has 3 aromatic rings. The Labute approximate surface area is 191 Å². The Morgan fingerprint density at radius 2 is 1.87 bits per heavy atom. The standard InChI is InChI=1S/C24H24ClN3O2S/c25-21-4-2-1-3-17(21)15-20-16-26-23(31-20)27-22(29)24(9-10-24)18-5-7-19(8-6-18)28-11-13-30-14-12-28/h1-8,16H,9-15H2,(H,26,27,29). The number of carbonyl (C=O) groups excluding carboxylic acids is 1. The highest BCUT2D eigenvalue weighted by molar-refractivity contribution is 7.15. The molecule has 160 valence electrons. The molecule has 1 aliphatic heterocycles. The van der Waals surface area contributed by atoms with Gasteiger partial charge in [-0.2, -0.15) is 0 Å². The number of nitrogens with zero attached hydrogens (tertiary/aromatic N) is 2. The summed E-state index contributed by atoms with van der Waals surface area (Å²) in [6, 6.07) is 16.3. The maximum Gasteiger partial charge on any atom is 0.236 e. The molecular formula is C24H24ClN3O2S. The Balaban J connectivity index is 1.25. The molecule has 1 saturated heterocycles. The van der Waals surface area contributed by atoms with Crippen LogP contribution in [-0.2, 0) is 21.4 Å². The average Bonchev–Trinajstić information content (AvgIpc) is 3.51. The number of nitrogens with one attached hydrogen (secondary N) is 1. The topological polar surface area (TPSA) is 54.5 Å². The van der Waals surface area contributed by atoms with Crippen LogP contribution in [0.3, 0.4) is 0 Å². The minimum Gasteiger partial charge on any atom is -0.378 e. The zero-order valence-corrected chi connectivity index (χ0v) is 18.7. The summed E-state index contributed by atoms with van der Waals surface area (Å²) < 4.78 is 5.43. The summed E-state index contributed by atoms with van der Waals surface area (Å²) in [6.45, 7) is 3.35. The van der Waals surface area contributed by atoms with Gasteiger partial charge in [-0.1, -0.05) is 41.9 Å². The van der Waals surface area contributed by atoms with Crippen molar-refractivity contribution in [3.63, 3.8) is 0 Å². The largest absolute Gasteiger partial charge is 0.378 e. The number of carbonyl (C=O) groups is 1. The van der Waals surface area contributed by atoms with Crippen LogP contribution in [-0.4, -0.2) is 37.2 Å². The van der Waals surface area contributed by atoms with E-state index in [1.54, 1.807) is 0 Å². The van der Waals surface area contributed by atoms with Gasteiger partial charge in [0.2, 0.25) is 5.91 Å². The fraction of sp³-hybridized carbons (Fsp3) is 0.333. The lowest BCUT2D eigenvalue weighted by atomic mass is 9.94. The van der Waals surface area contributed by atoms with E-state index in [1.165, 1.54) is 17.0 Å². The molecule has 5 rings (SSSR count). The number of aromatic nitrogens is 1. The van der Waals surface area contributed by atoms with E-state index in [0.717, 1.165) is 60.2 Å². The van der Waals surface area contributed by atoms with Crippen molar-refractivity contribution in [2.24, 2.45) is 0 Å². The second-order valence-corrected chi connectivity index (χ2v) is 9.60. The molecule has 1 aromatic heterocycles. The van der Waals surface area contributed by atoms with Crippen LogP contribution in [0.5, 0.6) is 0 Å². The monoisotopic (exact) mass is 453 g/mol. The van der Waals surface area contributed by atoms with Gasteiger partial charge < -0.3 is 15.0 Å². The molecule has 2 fully saturated rings. The van der Waals surface area contributed by atoms with Crippen LogP contribution in [0, 0.1) is 0 Å². The summed E-state index contributed by atoms with van der Waals surface area (Å²) in [6.07, 6.45) is 4.27. The summed E-state index contributed by atoms with van der Waals surface area (Å²) >= 11 is 7.77. The van der Waals surface area contributed by atoms with Crippen molar-refractivity contribution in [3.8, 4) is 0 Å². The number of thiazole rings is 1. The first-order valence-corrected chi connectivity index (χ1v) is 11.8. The van der Waals surface area contributed by atoms with Crippen molar-refractivity contribution in [1.29, 1.82) is 0 Å². The molecule has 2 aromatic carbocycles. The molecule has 0 spiro atoms. The summed E-state index contributed by atoms with van der Waals surface area (Å²) in [5.74, 6) is 0.0327. The van der Waals surface area contributed by atoms with E-state index in [2.05, 4.69) is 39.5 Å². The van der Waals surface area contributed by atoms with Crippen molar-refractivity contribution >= 4 is 39.7 Å². The van der Waals surface area contributed by atoms with Gasteiger partial charge in [0.25, 0.3) is 0 Å². The van der Waals surface area contributed by atoms with Crippen LogP contribution in [0.2, 0.25) is 5.02 Å². The molecule has 0 atom stereocenters. The zero-order valence-electron chi connectivity index (χ0n) is 17.1. The maximum absolute atomic E-state index is 13.1. The molecule has 0 unspecified atom stereocenters. The normalized spacial score (nSPS) is 17.4. The van der Waals surface area contributed by atoms with Crippen LogP contribution >= 0.6 is 22.9 Å². The Hall–Kier alpha value is -2.41. The predicted octanol–water partition coefficient (Wildman–Crippen LogP) is 4.89. The molecule has 1 amide bonds. The van der Waals surface area contributed by atoms with Gasteiger partial charge in [0.15, 0.2) is 5.13 Å². The van der Waals surface area contributed by atoms with Crippen molar-refractivity contribution < 1.29 is 9.53 Å². The van der Waals surface area contributed by atoms with E-state index >= 15 is 0 Å². The highest BCUT2D eigenvalue weighted by Gasteiger charge is 2.51. The summed E-state index contributed by atoms with van der Waals surface area (Å²) in [7, 11) is 0. The highest BCUT2D eigenvalue weighted by Crippen LogP contribution is 2.49. The molecule has 31 heavy (non-hydrogen) atoms. The number of halogens is 1. The van der Waals surface area contributed by atoms with Gasteiger partial charge >= 0.3 is 0 Å². The molecule has 5 nitrogen and oxygen atoms in total. The number of hydrogen-bond acceptors (Lipinski definition) is 5. The molecule has 1 saturated carbocycles. The minimum atomic E-state index is -0.432. The third-order valence-corrected chi connectivity index (χ3v) is 7.36. The van der Waals surface area contributed by atoms with E-state index in [4.69, 9.17) is 16.3 Å². The summed E-state index contributed by atoms with van der Waals surface area (Å²) in [4.78, 5) is 20.9. The number of ether oxygens (including phenoxy) is 1. The van der Waals surface area contributed by atoms with Gasteiger partial charge in [0, 0.05) is 41.3 Å². The minimum absolute atomic E-state index is 0.0327. The number of benzene rings is 2. The lowest BCUT2D eigenvalue weighted by Gasteiger charge is -2.29. The average molecular weight is 454 g/mol. The van der Waals surface area contributed by atoms with E-state index in [9.17, 15) is 4.79 Å². The van der Waals surface area contributed by atoms with E-state index in [0.29, 0.717) is 11.6 Å². The van der Waals surface area contributed by atoms with Crippen LogP contribution in [0.15, 0.2) is 54.7 Å². The Morgan fingerprint density at radius 1 is 1.13 bits per heavy atom. The van der Waals surface area contributed by atoms with Crippen molar-refractivity contribution in [1.82, 2.24) is 4.98 Å². The first kappa shape index (κ1) is 20.5. The number of hydrogen-bond donors (Lipinski definition) is 1. The fourth-order valence-corrected chi connectivity index (χ4v) is 5.11. The Morgan fingerprint density at radius 3 is 2.58 bits per heavy atom. The third kappa shape index (κ3) is 4.33. The molecule has 2 aliphatic rings. The maximum atomic E-state index is 13.1. The number of morpholine rings is 1. The van der Waals surface area contributed by atoms with E-state index in [-0.39, 0.29) is 5.91 Å². The second-order valence-electron chi connectivity index (χ2n) is 8.08. The third-order valence-electron chi connectivity index (χ3n) is 6.08. The lowest BCUT2D eigenvalue weighted by molar-refractivity contribution is -0.118. The van der Waals surface area contributed by atoms with Gasteiger partial charge in [-0.15, -0.1) is 11.3 Å². The van der Waals surface area contributed by atoms with E-state index in [1.807, 2.05) is 30.5 Å². The fourth-order valence-electron chi connectivity index (χ4n) is 4.08. The van der Waals surface area contributed by atoms with Crippen LogP contribution in [0.4, 0.5) is 10.8 Å². The van der Waals surface area contributed by atoms with Gasteiger partial charge in [-0.3, -0.25) is 4.79 Å². The van der Waals surface area contributed by atoms with Gasteiger partial charge in [-0.25, -0.2) is 4.98 Å². The number of amides is 1. The molecule has 7 heteroatoms. The molecule has 1 aliphatic carbocycles. The quantitative estimate of drug-likeness (QED) is 0.577. The van der Waals surface area contributed by atoms with Crippen molar-refractivity contribution in [2.45, 2.75) is 24.7 Å². The molecular weight excluding hydrogens is 430 g/mol. The van der Waals surface area contributed by atoms with Crippen LogP contribution in [0.25, 0.3) is 0 Å². The molecule has 2 heterocycles. The first-order valence-electron chi connectivity index (χ1n) is 10.6. The summed E-state index contributed by atoms with van der Waals surface area (Å²) in [5, 5.41) is 4.44. The van der Waals surface area contributed by atoms with Crippen LogP contribution < -0.4 is 10.2 Å². The Kier molecular flexibility index (Phi) is 5.69. The predicted molar refractivity (Wildman–Crippen MR) is 125 cm³/mol. The summed E-state index contributed by atoms with van der Waals surface area (Å²) in [5.41, 5.74) is 2.89. The Bertz CT molecular complexity index is 1070. The van der Waals surface area contributed by atoms with Crippen molar-refractivity contribution in [2.75, 3.05) is 36.5 Å². The molecule has 1 N–H and O–H groups in total. The van der Waals surface area contributed by atoms with Crippen molar-refractivity contribution in [3.05, 3.63) is 75.8 Å². The second kappa shape index (κ2) is 8.61. The first-order chi connectivity index (χ1) is 15.1. The lowest BCUT2D eigenvalue weighted by Crippen LogP contribution is -2.36. The zero-order chi connectivity index (χ0) is 21.3.